The van der Waals surface area contributed by atoms with Crippen LogP contribution < -0.4 is 5.32 Å². The Labute approximate surface area is 162 Å². The molecule has 4 heteroatoms. The van der Waals surface area contributed by atoms with E-state index in [0.29, 0.717) is 0 Å². The Kier molecular flexibility index (Phi) is 9.99. The molecule has 0 unspecified atom stereocenters. The van der Waals surface area contributed by atoms with Gasteiger partial charge in [-0.25, -0.2) is 4.79 Å². The summed E-state index contributed by atoms with van der Waals surface area (Å²) in [6, 6.07) is 0.278. The van der Waals surface area contributed by atoms with Crippen LogP contribution in [0.3, 0.4) is 0 Å². The highest BCUT2D eigenvalue weighted by atomic mass is 16.6. The van der Waals surface area contributed by atoms with E-state index in [1.54, 1.807) is 0 Å². The molecule has 1 N–H and O–H groups in total. The highest BCUT2D eigenvalue weighted by Gasteiger charge is 2.31. The summed E-state index contributed by atoms with van der Waals surface area (Å²) in [5, 5.41) is 3.67. The lowest BCUT2D eigenvalue weighted by Crippen LogP contribution is -2.44. The average Bonchev–Trinajstić information content (AvgIpc) is 2.96. The van der Waals surface area contributed by atoms with Gasteiger partial charge in [0.1, 0.15) is 5.60 Å². The molecule has 0 saturated carbocycles. The molecular weight excluding hydrogens is 324 g/mol. The number of carbonyl (C=O) groups excluding carboxylic acids is 1. The van der Waals surface area contributed by atoms with Gasteiger partial charge in [-0.15, -0.1) is 0 Å². The Morgan fingerprint density at radius 2 is 1.65 bits per heavy atom. The van der Waals surface area contributed by atoms with Gasteiger partial charge in [0, 0.05) is 19.1 Å². The van der Waals surface area contributed by atoms with Crippen LogP contribution in [0.1, 0.15) is 87.0 Å². The quantitative estimate of drug-likeness (QED) is 0.556. The number of nitrogens with zero attached hydrogens (tertiary/aromatic N) is 1. The van der Waals surface area contributed by atoms with E-state index in [4.69, 9.17) is 4.74 Å². The predicted molar refractivity (Wildman–Crippen MR) is 110 cm³/mol. The van der Waals surface area contributed by atoms with Gasteiger partial charge in [0.15, 0.2) is 0 Å². The monoisotopic (exact) mass is 368 g/mol. The summed E-state index contributed by atoms with van der Waals surface area (Å²) in [5.74, 6) is 2.29. The lowest BCUT2D eigenvalue weighted by Gasteiger charge is -2.29. The zero-order valence-corrected chi connectivity index (χ0v) is 18.4. The molecule has 0 aromatic heterocycles. The maximum atomic E-state index is 12.4. The van der Waals surface area contributed by atoms with Crippen molar-refractivity contribution in [3.63, 3.8) is 0 Å². The van der Waals surface area contributed by atoms with Gasteiger partial charge < -0.3 is 15.0 Å². The Bertz CT molecular complexity index is 389. The molecule has 1 aliphatic rings. The van der Waals surface area contributed by atoms with Crippen molar-refractivity contribution in [2.45, 2.75) is 98.6 Å². The van der Waals surface area contributed by atoms with Gasteiger partial charge >= 0.3 is 6.09 Å². The number of hydrogen-bond acceptors (Lipinski definition) is 3. The van der Waals surface area contributed by atoms with Crippen molar-refractivity contribution in [3.8, 4) is 0 Å². The standard InChI is InChI=1S/C22H44N2O2/c1-17(2)10-12-19(13-11-18(3)4)15-23-16-20-9-8-14-24(20)21(25)26-22(5,6)7/h17-20,23H,8-16H2,1-7H3/t20-/m0/s1. The Balaban J connectivity index is 2.44. The van der Waals surface area contributed by atoms with Crippen LogP contribution in [-0.2, 0) is 4.74 Å². The fraction of sp³-hybridized carbons (Fsp3) is 0.955. The summed E-state index contributed by atoms with van der Waals surface area (Å²) < 4.78 is 5.57. The molecular formula is C22H44N2O2. The lowest BCUT2D eigenvalue weighted by atomic mass is 9.91. The SMILES string of the molecule is CC(C)CCC(CCC(C)C)CNC[C@@H]1CCCN1C(=O)OC(C)(C)C. The zero-order chi connectivity index (χ0) is 19.7. The van der Waals surface area contributed by atoms with Crippen molar-refractivity contribution in [2.24, 2.45) is 17.8 Å². The van der Waals surface area contributed by atoms with Crippen LogP contribution in [0.25, 0.3) is 0 Å². The average molecular weight is 369 g/mol. The molecule has 0 spiro atoms. The molecule has 0 aliphatic carbocycles. The topological polar surface area (TPSA) is 41.6 Å². The van der Waals surface area contributed by atoms with Crippen LogP contribution in [0.2, 0.25) is 0 Å². The van der Waals surface area contributed by atoms with Crippen LogP contribution in [0, 0.1) is 17.8 Å². The number of hydrogen-bond donors (Lipinski definition) is 1. The van der Waals surface area contributed by atoms with Crippen molar-refractivity contribution < 1.29 is 9.53 Å². The first-order valence-electron chi connectivity index (χ1n) is 10.8. The molecule has 4 nitrogen and oxygen atoms in total. The van der Waals surface area contributed by atoms with Crippen LogP contribution in [0.15, 0.2) is 0 Å². The molecule has 0 aromatic rings. The number of carbonyl (C=O) groups is 1. The molecule has 0 bridgehead atoms. The Hall–Kier alpha value is -0.770. The molecule has 1 aliphatic heterocycles. The molecule has 0 aromatic carbocycles. The van der Waals surface area contributed by atoms with Gasteiger partial charge in [0.05, 0.1) is 0 Å². The van der Waals surface area contributed by atoms with Crippen molar-refractivity contribution in [3.05, 3.63) is 0 Å². The van der Waals surface area contributed by atoms with Crippen LogP contribution in [0.4, 0.5) is 4.79 Å². The minimum Gasteiger partial charge on any atom is -0.444 e. The van der Waals surface area contributed by atoms with Crippen LogP contribution >= 0.6 is 0 Å². The highest BCUT2D eigenvalue weighted by molar-refractivity contribution is 5.69. The van der Waals surface area contributed by atoms with Crippen LogP contribution in [0.5, 0.6) is 0 Å². The highest BCUT2D eigenvalue weighted by Crippen LogP contribution is 2.22. The van der Waals surface area contributed by atoms with E-state index in [-0.39, 0.29) is 12.1 Å². The van der Waals surface area contributed by atoms with E-state index in [1.807, 2.05) is 25.7 Å². The Morgan fingerprint density at radius 3 is 2.15 bits per heavy atom. The number of ether oxygens (including phenoxy) is 1. The molecule has 1 heterocycles. The summed E-state index contributed by atoms with van der Waals surface area (Å²) in [7, 11) is 0. The van der Waals surface area contributed by atoms with Gasteiger partial charge in [0.2, 0.25) is 0 Å². The molecule has 1 atom stereocenters. The maximum absolute atomic E-state index is 12.4. The summed E-state index contributed by atoms with van der Waals surface area (Å²) in [4.78, 5) is 14.3. The first kappa shape index (κ1) is 23.3. The number of rotatable bonds is 10. The lowest BCUT2D eigenvalue weighted by molar-refractivity contribution is 0.0226. The third-order valence-electron chi connectivity index (χ3n) is 5.12. The van der Waals surface area contributed by atoms with E-state index in [9.17, 15) is 4.79 Å². The molecule has 26 heavy (non-hydrogen) atoms. The fourth-order valence-corrected chi connectivity index (χ4v) is 3.55. The second kappa shape index (κ2) is 11.2. The van der Waals surface area contributed by atoms with E-state index in [0.717, 1.165) is 50.2 Å². The third-order valence-corrected chi connectivity index (χ3v) is 5.12. The molecule has 0 radical (unpaired) electrons. The summed E-state index contributed by atoms with van der Waals surface area (Å²) in [5.41, 5.74) is -0.420. The second-order valence-electron chi connectivity index (χ2n) is 9.94. The smallest absolute Gasteiger partial charge is 0.410 e. The van der Waals surface area contributed by atoms with Gasteiger partial charge in [-0.2, -0.15) is 0 Å². The first-order valence-corrected chi connectivity index (χ1v) is 10.8. The summed E-state index contributed by atoms with van der Waals surface area (Å²) in [6.07, 6.45) is 7.22. The van der Waals surface area contributed by atoms with E-state index in [2.05, 4.69) is 33.0 Å². The number of amides is 1. The van der Waals surface area contributed by atoms with Crippen LogP contribution in [-0.4, -0.2) is 42.3 Å². The molecule has 1 amide bonds. The van der Waals surface area contributed by atoms with Gasteiger partial charge in [-0.05, 0) is 70.8 Å². The number of likely N-dealkylation sites (tertiary alicyclic amines) is 1. The third kappa shape index (κ3) is 9.80. The largest absolute Gasteiger partial charge is 0.444 e. The normalized spacial score (nSPS) is 18.4. The molecule has 1 rings (SSSR count). The van der Waals surface area contributed by atoms with E-state index >= 15 is 0 Å². The van der Waals surface area contributed by atoms with E-state index < -0.39 is 5.60 Å². The van der Waals surface area contributed by atoms with Crippen molar-refractivity contribution >= 4 is 6.09 Å². The van der Waals surface area contributed by atoms with Gasteiger partial charge in [-0.1, -0.05) is 40.5 Å². The Morgan fingerprint density at radius 1 is 1.08 bits per heavy atom. The molecule has 1 fully saturated rings. The zero-order valence-electron chi connectivity index (χ0n) is 18.4. The fourth-order valence-electron chi connectivity index (χ4n) is 3.55. The van der Waals surface area contributed by atoms with Crippen molar-refractivity contribution in [1.29, 1.82) is 0 Å². The predicted octanol–water partition coefficient (Wildman–Crippen LogP) is 5.46. The van der Waals surface area contributed by atoms with E-state index in [1.165, 1.54) is 25.7 Å². The number of nitrogens with one attached hydrogen (secondary N) is 1. The second-order valence-corrected chi connectivity index (χ2v) is 9.94. The maximum Gasteiger partial charge on any atom is 0.410 e. The molecule has 154 valence electrons. The summed E-state index contributed by atoms with van der Waals surface area (Å²) in [6.45, 7) is 17.8. The van der Waals surface area contributed by atoms with Crippen molar-refractivity contribution in [2.75, 3.05) is 19.6 Å². The minimum atomic E-state index is -0.420. The first-order chi connectivity index (χ1) is 12.1. The molecule has 1 saturated heterocycles. The summed E-state index contributed by atoms with van der Waals surface area (Å²) >= 11 is 0. The van der Waals surface area contributed by atoms with Crippen molar-refractivity contribution in [1.82, 2.24) is 10.2 Å². The van der Waals surface area contributed by atoms with Gasteiger partial charge in [0.25, 0.3) is 0 Å². The minimum absolute atomic E-state index is 0.155. The van der Waals surface area contributed by atoms with Gasteiger partial charge in [-0.3, -0.25) is 0 Å².